The Morgan fingerprint density at radius 2 is 1.80 bits per heavy atom. The zero-order chi connectivity index (χ0) is 23.1. The van der Waals surface area contributed by atoms with Crippen LogP contribution >= 0.6 is 23.2 Å². The van der Waals surface area contributed by atoms with E-state index in [-0.39, 0.29) is 6.10 Å². The monoisotopic (exact) mass is 463 g/mol. The number of alkyl carbamates (subject to hydrolysis) is 1. The highest BCUT2D eigenvalue weighted by Crippen LogP contribution is 2.30. The third-order valence-electron chi connectivity index (χ3n) is 4.08. The van der Waals surface area contributed by atoms with Gasteiger partial charge in [-0.05, 0) is 59.2 Å². The van der Waals surface area contributed by atoms with Gasteiger partial charge in [-0.15, -0.1) is 0 Å². The molecule has 0 unspecified atom stereocenters. The molecule has 4 atom stereocenters. The smallest absolute Gasteiger partial charge is 0.408 e. The van der Waals surface area contributed by atoms with Crippen molar-refractivity contribution >= 4 is 35.3 Å². The maximum Gasteiger partial charge on any atom is 0.408 e. The predicted octanol–water partition coefficient (Wildman–Crippen LogP) is 5.01. The van der Waals surface area contributed by atoms with E-state index in [1.807, 2.05) is 6.92 Å². The topological polar surface area (TPSA) is 83.1 Å². The quantitative estimate of drug-likeness (QED) is 0.518. The van der Waals surface area contributed by atoms with Crippen LogP contribution in [0, 0.1) is 0 Å². The summed E-state index contributed by atoms with van der Waals surface area (Å²) in [5.74, 6) is -0.237. The fourth-order valence-electron chi connectivity index (χ4n) is 2.62. The van der Waals surface area contributed by atoms with Gasteiger partial charge in [0.1, 0.15) is 23.5 Å². The number of rotatable bonds is 9. The van der Waals surface area contributed by atoms with Crippen LogP contribution < -0.4 is 10.1 Å². The lowest BCUT2D eigenvalue weighted by atomic mass is 10.1. The first-order valence-corrected chi connectivity index (χ1v) is 10.5. The van der Waals surface area contributed by atoms with Crippen LogP contribution in [0.4, 0.5) is 4.79 Å². The van der Waals surface area contributed by atoms with E-state index in [4.69, 9.17) is 42.1 Å². The fourth-order valence-corrected chi connectivity index (χ4v) is 3.07. The SMILES string of the molecule is CC[C@H](OC)[C@@H](Oc1ccc(Cl)cc1Cl)[C@H](C)OC(=O)[C@H](C)NC(=O)OC(C)(C)C. The van der Waals surface area contributed by atoms with Gasteiger partial charge >= 0.3 is 12.1 Å². The molecule has 0 aromatic heterocycles. The van der Waals surface area contributed by atoms with Crippen molar-refractivity contribution in [3.8, 4) is 5.75 Å². The van der Waals surface area contributed by atoms with Crippen LogP contribution in [-0.2, 0) is 19.0 Å². The normalized spacial score (nSPS) is 15.5. The number of hydrogen-bond donors (Lipinski definition) is 1. The van der Waals surface area contributed by atoms with E-state index in [2.05, 4.69) is 5.32 Å². The molecule has 0 bridgehead atoms. The van der Waals surface area contributed by atoms with Crippen LogP contribution in [-0.4, -0.2) is 49.1 Å². The van der Waals surface area contributed by atoms with Gasteiger partial charge in [-0.3, -0.25) is 0 Å². The zero-order valence-corrected chi connectivity index (χ0v) is 20.0. The third-order valence-corrected chi connectivity index (χ3v) is 4.61. The summed E-state index contributed by atoms with van der Waals surface area (Å²) < 4.78 is 22.2. The summed E-state index contributed by atoms with van der Waals surface area (Å²) in [5.41, 5.74) is -0.676. The molecule has 7 nitrogen and oxygen atoms in total. The molecule has 1 amide bonds. The summed E-state index contributed by atoms with van der Waals surface area (Å²) in [7, 11) is 1.55. The van der Waals surface area contributed by atoms with Gasteiger partial charge in [-0.2, -0.15) is 0 Å². The van der Waals surface area contributed by atoms with E-state index >= 15 is 0 Å². The maximum atomic E-state index is 12.5. The largest absolute Gasteiger partial charge is 0.482 e. The zero-order valence-electron chi connectivity index (χ0n) is 18.5. The number of halogens is 2. The molecule has 1 aromatic carbocycles. The van der Waals surface area contributed by atoms with Crippen molar-refractivity contribution in [2.24, 2.45) is 0 Å². The predicted molar refractivity (Wildman–Crippen MR) is 116 cm³/mol. The molecule has 0 heterocycles. The van der Waals surface area contributed by atoms with Gasteiger partial charge in [0.2, 0.25) is 0 Å². The fraction of sp³-hybridized carbons (Fsp3) is 0.619. The summed E-state index contributed by atoms with van der Waals surface area (Å²) in [6.07, 6.45) is -1.80. The highest BCUT2D eigenvalue weighted by Gasteiger charge is 2.33. The van der Waals surface area contributed by atoms with Crippen LogP contribution in [0.25, 0.3) is 0 Å². The van der Waals surface area contributed by atoms with Crippen molar-refractivity contribution in [1.29, 1.82) is 0 Å². The van der Waals surface area contributed by atoms with E-state index < -0.39 is 35.9 Å². The lowest BCUT2D eigenvalue weighted by Crippen LogP contribution is -2.47. The average molecular weight is 464 g/mol. The van der Waals surface area contributed by atoms with Crippen LogP contribution in [0.15, 0.2) is 18.2 Å². The number of esters is 1. The molecule has 9 heteroatoms. The van der Waals surface area contributed by atoms with Gasteiger partial charge < -0.3 is 24.3 Å². The molecule has 1 rings (SSSR count). The molecular formula is C21H31Cl2NO6. The molecule has 0 aliphatic rings. The molecule has 170 valence electrons. The molecule has 1 aromatic rings. The first-order chi connectivity index (χ1) is 13.9. The Kier molecular flexibility index (Phi) is 10.2. The van der Waals surface area contributed by atoms with Crippen molar-refractivity contribution in [1.82, 2.24) is 5.32 Å². The summed E-state index contributed by atoms with van der Waals surface area (Å²) in [6.45, 7) is 10.3. The van der Waals surface area contributed by atoms with Gasteiger partial charge in [-0.25, -0.2) is 9.59 Å². The molecular weight excluding hydrogens is 433 g/mol. The van der Waals surface area contributed by atoms with Crippen LogP contribution in [0.5, 0.6) is 5.75 Å². The Balaban J connectivity index is 2.87. The van der Waals surface area contributed by atoms with Crippen LogP contribution in [0.3, 0.4) is 0 Å². The average Bonchev–Trinajstić information content (AvgIpc) is 2.61. The van der Waals surface area contributed by atoms with E-state index in [0.29, 0.717) is 22.2 Å². The van der Waals surface area contributed by atoms with E-state index in [9.17, 15) is 9.59 Å². The molecule has 30 heavy (non-hydrogen) atoms. The van der Waals surface area contributed by atoms with Crippen LogP contribution in [0.1, 0.15) is 48.0 Å². The second-order valence-electron chi connectivity index (χ2n) is 7.85. The summed E-state index contributed by atoms with van der Waals surface area (Å²) in [5, 5.41) is 3.27. The van der Waals surface area contributed by atoms with E-state index in [0.717, 1.165) is 0 Å². The Hall–Kier alpha value is -1.70. The number of carbonyl (C=O) groups excluding carboxylic acids is 2. The molecule has 0 radical (unpaired) electrons. The number of methoxy groups -OCH3 is 1. The number of nitrogens with one attached hydrogen (secondary N) is 1. The minimum Gasteiger partial charge on any atom is -0.482 e. The maximum absolute atomic E-state index is 12.5. The second-order valence-corrected chi connectivity index (χ2v) is 8.69. The van der Waals surface area contributed by atoms with Crippen molar-refractivity contribution < 1.29 is 28.5 Å². The molecule has 0 saturated carbocycles. The summed E-state index contributed by atoms with van der Waals surface area (Å²) >= 11 is 12.2. The number of benzene rings is 1. The molecule has 1 N–H and O–H groups in total. The Morgan fingerprint density at radius 1 is 1.17 bits per heavy atom. The molecule has 0 saturated heterocycles. The number of hydrogen-bond acceptors (Lipinski definition) is 6. The second kappa shape index (κ2) is 11.6. The Bertz CT molecular complexity index is 718. The number of amides is 1. The Morgan fingerprint density at radius 3 is 2.30 bits per heavy atom. The lowest BCUT2D eigenvalue weighted by Gasteiger charge is -2.31. The van der Waals surface area contributed by atoms with Gasteiger partial charge in [0, 0.05) is 12.1 Å². The Labute approximate surface area is 188 Å². The van der Waals surface area contributed by atoms with Gasteiger partial charge in [0.25, 0.3) is 0 Å². The van der Waals surface area contributed by atoms with Crippen molar-refractivity contribution in [2.45, 2.75) is 77.9 Å². The van der Waals surface area contributed by atoms with Crippen molar-refractivity contribution in [3.63, 3.8) is 0 Å². The lowest BCUT2D eigenvalue weighted by molar-refractivity contribution is -0.159. The van der Waals surface area contributed by atoms with Gasteiger partial charge in [0.15, 0.2) is 6.10 Å². The standard InChI is InChI=1S/C21H31Cl2NO6/c1-8-16(27-7)18(29-17-10-9-14(22)11-15(17)23)13(3)28-19(25)12(2)24-20(26)30-21(4,5)6/h9-13,16,18H,8H2,1-7H3,(H,24,26)/t12-,13-,16-,18-/m0/s1. The van der Waals surface area contributed by atoms with Crippen molar-refractivity contribution in [3.05, 3.63) is 28.2 Å². The number of ether oxygens (including phenoxy) is 4. The van der Waals surface area contributed by atoms with E-state index in [1.54, 1.807) is 53.0 Å². The van der Waals surface area contributed by atoms with Crippen LogP contribution in [0.2, 0.25) is 10.0 Å². The molecule has 0 fully saturated rings. The van der Waals surface area contributed by atoms with Crippen molar-refractivity contribution in [2.75, 3.05) is 7.11 Å². The summed E-state index contributed by atoms with van der Waals surface area (Å²) in [6, 6.07) is 3.94. The summed E-state index contributed by atoms with van der Waals surface area (Å²) in [4.78, 5) is 24.4. The first-order valence-electron chi connectivity index (χ1n) is 9.72. The highest BCUT2D eigenvalue weighted by atomic mass is 35.5. The highest BCUT2D eigenvalue weighted by molar-refractivity contribution is 6.35. The first kappa shape index (κ1) is 26.3. The third kappa shape index (κ3) is 8.58. The van der Waals surface area contributed by atoms with E-state index in [1.165, 1.54) is 6.92 Å². The molecule has 0 aliphatic carbocycles. The minimum absolute atomic E-state index is 0.331. The minimum atomic E-state index is -0.912. The van der Waals surface area contributed by atoms with Gasteiger partial charge in [0.05, 0.1) is 11.1 Å². The molecule has 0 aliphatic heterocycles. The van der Waals surface area contributed by atoms with Gasteiger partial charge in [-0.1, -0.05) is 30.1 Å². The molecule has 0 spiro atoms. The number of carbonyl (C=O) groups is 2.